The molecule has 10 heteroatoms. The molecule has 132 valence electrons. The number of hydrogen-bond acceptors (Lipinski definition) is 7. The van der Waals surface area contributed by atoms with Crippen LogP contribution in [0, 0.1) is 0 Å². The normalized spacial score (nSPS) is 11.5. The lowest BCUT2D eigenvalue weighted by atomic mass is 10.3. The van der Waals surface area contributed by atoms with Crippen LogP contribution in [0.4, 0.5) is 30.6 Å². The van der Waals surface area contributed by atoms with E-state index in [0.29, 0.717) is 23.6 Å². The molecule has 1 aromatic carbocycles. The van der Waals surface area contributed by atoms with Crippen LogP contribution in [0.3, 0.4) is 0 Å². The Morgan fingerprint density at radius 3 is 2.80 bits per heavy atom. The van der Waals surface area contributed by atoms with Crippen molar-refractivity contribution >= 4 is 39.0 Å². The van der Waals surface area contributed by atoms with Crippen LogP contribution in [-0.2, 0) is 0 Å². The number of ether oxygens (including phenoxy) is 1. The number of anilines is 3. The molecule has 0 fully saturated rings. The van der Waals surface area contributed by atoms with Gasteiger partial charge in [-0.25, -0.2) is 4.98 Å². The average Bonchev–Trinajstić information content (AvgIpc) is 3.00. The lowest BCUT2D eigenvalue weighted by molar-refractivity contribution is -0.274. The van der Waals surface area contributed by atoms with Crippen molar-refractivity contribution in [3.8, 4) is 5.75 Å². The van der Waals surface area contributed by atoms with Crippen LogP contribution >= 0.6 is 11.3 Å². The minimum absolute atomic E-state index is 0.0591. The zero-order chi connectivity index (χ0) is 17.9. The third-order valence-corrected chi connectivity index (χ3v) is 3.94. The standard InChI is InChI=1S/C15H13F3N4O2S/c16-15(17,18)24-10-3-1-2-9(8-10)20-14-21-11-4-7-25-12(11)13(22-14)19-5-6-23/h1-4,7-8,23H,5-6H2,(H2,19,20,21,22). The summed E-state index contributed by atoms with van der Waals surface area (Å²) in [5, 5.41) is 16.7. The van der Waals surface area contributed by atoms with Crippen molar-refractivity contribution in [2.45, 2.75) is 6.36 Å². The Morgan fingerprint density at radius 2 is 2.04 bits per heavy atom. The van der Waals surface area contributed by atoms with Gasteiger partial charge in [-0.3, -0.25) is 0 Å². The van der Waals surface area contributed by atoms with Gasteiger partial charge in [0.25, 0.3) is 0 Å². The molecule has 2 aromatic heterocycles. The summed E-state index contributed by atoms with van der Waals surface area (Å²) in [6, 6.07) is 7.22. The van der Waals surface area contributed by atoms with Crippen molar-refractivity contribution in [1.82, 2.24) is 9.97 Å². The highest BCUT2D eigenvalue weighted by Crippen LogP contribution is 2.29. The van der Waals surface area contributed by atoms with E-state index in [1.165, 1.54) is 29.5 Å². The number of halogens is 3. The van der Waals surface area contributed by atoms with E-state index in [9.17, 15) is 13.2 Å². The Labute approximate surface area is 144 Å². The number of hydrogen-bond donors (Lipinski definition) is 3. The molecule has 0 aliphatic carbocycles. The minimum Gasteiger partial charge on any atom is -0.406 e. The molecule has 2 heterocycles. The number of aliphatic hydroxyl groups is 1. The first-order valence-electron chi connectivity index (χ1n) is 7.17. The van der Waals surface area contributed by atoms with Crippen molar-refractivity contribution < 1.29 is 23.0 Å². The molecular weight excluding hydrogens is 357 g/mol. The summed E-state index contributed by atoms with van der Waals surface area (Å²) in [4.78, 5) is 8.64. The predicted molar refractivity (Wildman–Crippen MR) is 89.4 cm³/mol. The maximum atomic E-state index is 12.3. The molecule has 3 N–H and O–H groups in total. The summed E-state index contributed by atoms with van der Waals surface area (Å²) in [6.45, 7) is 0.259. The number of alkyl halides is 3. The summed E-state index contributed by atoms with van der Waals surface area (Å²) in [5.41, 5.74) is 1.04. The molecule has 3 aromatic rings. The number of nitrogens with zero attached hydrogens (tertiary/aromatic N) is 2. The average molecular weight is 370 g/mol. The second kappa shape index (κ2) is 7.11. The quantitative estimate of drug-likeness (QED) is 0.614. The molecule has 25 heavy (non-hydrogen) atoms. The number of rotatable bonds is 6. The highest BCUT2D eigenvalue weighted by Gasteiger charge is 2.31. The summed E-state index contributed by atoms with van der Waals surface area (Å²) in [6.07, 6.45) is -4.76. The van der Waals surface area contributed by atoms with E-state index < -0.39 is 6.36 Å². The molecular formula is C15H13F3N4O2S. The second-order valence-electron chi connectivity index (χ2n) is 4.88. The first-order valence-corrected chi connectivity index (χ1v) is 8.05. The fraction of sp³-hybridized carbons (Fsp3) is 0.200. The lowest BCUT2D eigenvalue weighted by Gasteiger charge is -2.12. The third-order valence-electron chi connectivity index (χ3n) is 3.03. The van der Waals surface area contributed by atoms with Gasteiger partial charge in [0, 0.05) is 18.3 Å². The van der Waals surface area contributed by atoms with E-state index in [-0.39, 0.29) is 18.3 Å². The molecule has 0 spiro atoms. The van der Waals surface area contributed by atoms with Gasteiger partial charge in [0.2, 0.25) is 5.95 Å². The number of nitrogens with one attached hydrogen (secondary N) is 2. The van der Waals surface area contributed by atoms with E-state index in [4.69, 9.17) is 5.11 Å². The fourth-order valence-electron chi connectivity index (χ4n) is 2.11. The van der Waals surface area contributed by atoms with Crippen molar-refractivity contribution in [2.75, 3.05) is 23.8 Å². The fourth-order valence-corrected chi connectivity index (χ4v) is 2.91. The van der Waals surface area contributed by atoms with Crippen molar-refractivity contribution in [3.05, 3.63) is 35.7 Å². The van der Waals surface area contributed by atoms with Gasteiger partial charge in [0.15, 0.2) is 0 Å². The van der Waals surface area contributed by atoms with Gasteiger partial charge >= 0.3 is 6.36 Å². The van der Waals surface area contributed by atoms with Crippen molar-refractivity contribution in [3.63, 3.8) is 0 Å². The topological polar surface area (TPSA) is 79.3 Å². The second-order valence-corrected chi connectivity index (χ2v) is 5.80. The third kappa shape index (κ3) is 4.48. The largest absolute Gasteiger partial charge is 0.573 e. The number of aromatic nitrogens is 2. The molecule has 0 amide bonds. The Bertz CT molecular complexity index is 869. The first kappa shape index (κ1) is 17.2. The summed E-state index contributed by atoms with van der Waals surface area (Å²) in [5.74, 6) is 0.419. The zero-order valence-corrected chi connectivity index (χ0v) is 13.5. The molecule has 6 nitrogen and oxygen atoms in total. The molecule has 0 radical (unpaired) electrons. The number of thiophene rings is 1. The Balaban J connectivity index is 1.86. The molecule has 3 rings (SSSR count). The molecule has 0 aliphatic rings. The van der Waals surface area contributed by atoms with Crippen LogP contribution in [0.25, 0.3) is 10.2 Å². The number of fused-ring (bicyclic) bond motifs is 1. The number of benzene rings is 1. The smallest absolute Gasteiger partial charge is 0.406 e. The summed E-state index contributed by atoms with van der Waals surface area (Å²) >= 11 is 1.45. The first-order chi connectivity index (χ1) is 11.9. The molecule has 0 saturated carbocycles. The van der Waals surface area contributed by atoms with Gasteiger partial charge in [-0.15, -0.1) is 24.5 Å². The summed E-state index contributed by atoms with van der Waals surface area (Å²) < 4.78 is 41.7. The van der Waals surface area contributed by atoms with E-state index in [0.717, 1.165) is 4.70 Å². The minimum atomic E-state index is -4.76. The Morgan fingerprint density at radius 1 is 1.20 bits per heavy atom. The summed E-state index contributed by atoms with van der Waals surface area (Å²) in [7, 11) is 0. The van der Waals surface area contributed by atoms with Gasteiger partial charge in [0.05, 0.1) is 16.8 Å². The Hall–Kier alpha value is -2.59. The van der Waals surface area contributed by atoms with Crippen molar-refractivity contribution in [1.29, 1.82) is 0 Å². The van der Waals surface area contributed by atoms with Crippen LogP contribution in [-0.4, -0.2) is 34.6 Å². The molecule has 0 aliphatic heterocycles. The maximum absolute atomic E-state index is 12.3. The van der Waals surface area contributed by atoms with Gasteiger partial charge in [-0.05, 0) is 23.6 Å². The van der Waals surface area contributed by atoms with E-state index >= 15 is 0 Å². The van der Waals surface area contributed by atoms with Crippen LogP contribution in [0.15, 0.2) is 35.7 Å². The lowest BCUT2D eigenvalue weighted by Crippen LogP contribution is -2.17. The van der Waals surface area contributed by atoms with E-state index in [1.807, 2.05) is 5.38 Å². The highest BCUT2D eigenvalue weighted by molar-refractivity contribution is 7.17. The molecule has 0 saturated heterocycles. The highest BCUT2D eigenvalue weighted by atomic mass is 32.1. The number of aliphatic hydroxyl groups excluding tert-OH is 1. The van der Waals surface area contributed by atoms with Gasteiger partial charge in [-0.2, -0.15) is 4.98 Å². The van der Waals surface area contributed by atoms with E-state index in [1.54, 1.807) is 12.1 Å². The molecule has 0 atom stereocenters. The van der Waals surface area contributed by atoms with Crippen LogP contribution in [0.1, 0.15) is 0 Å². The van der Waals surface area contributed by atoms with E-state index in [2.05, 4.69) is 25.3 Å². The molecule has 0 unspecified atom stereocenters. The van der Waals surface area contributed by atoms with Gasteiger partial charge < -0.3 is 20.5 Å². The van der Waals surface area contributed by atoms with Crippen molar-refractivity contribution in [2.24, 2.45) is 0 Å². The van der Waals surface area contributed by atoms with Crippen LogP contribution in [0.2, 0.25) is 0 Å². The predicted octanol–water partition coefficient (Wildman–Crippen LogP) is 3.74. The zero-order valence-electron chi connectivity index (χ0n) is 12.7. The van der Waals surface area contributed by atoms with Gasteiger partial charge in [0.1, 0.15) is 11.6 Å². The SMILES string of the molecule is OCCNc1nc(Nc2cccc(OC(F)(F)F)c2)nc2ccsc12. The Kier molecular flexibility index (Phi) is 4.91. The van der Waals surface area contributed by atoms with Crippen LogP contribution in [0.5, 0.6) is 5.75 Å². The molecule has 0 bridgehead atoms. The maximum Gasteiger partial charge on any atom is 0.573 e. The van der Waals surface area contributed by atoms with Crippen LogP contribution < -0.4 is 15.4 Å². The monoisotopic (exact) mass is 370 g/mol. The van der Waals surface area contributed by atoms with Gasteiger partial charge in [-0.1, -0.05) is 6.07 Å².